The van der Waals surface area contributed by atoms with Gasteiger partial charge in [-0.15, -0.1) is 0 Å². The first kappa shape index (κ1) is 17.7. The molecule has 0 atom stereocenters. The zero-order chi connectivity index (χ0) is 19.7. The average molecular weight is 383 g/mol. The summed E-state index contributed by atoms with van der Waals surface area (Å²) in [7, 11) is 5.13. The van der Waals surface area contributed by atoms with Gasteiger partial charge < -0.3 is 30.3 Å². The Balaban J connectivity index is 1.73. The van der Waals surface area contributed by atoms with Crippen molar-refractivity contribution in [2.75, 3.05) is 50.3 Å². The SMILES string of the molecule is CNc1cc(Nc2cccc3c2OCCO3)nc2c(NC(=O)N(C)C)cnn12. The average Bonchev–Trinajstić information content (AvgIpc) is 3.10. The van der Waals surface area contributed by atoms with Gasteiger partial charge in [0.1, 0.15) is 30.5 Å². The number of hydrogen-bond acceptors (Lipinski definition) is 7. The number of carbonyl (C=O) groups is 1. The van der Waals surface area contributed by atoms with Gasteiger partial charge in [0.25, 0.3) is 0 Å². The number of urea groups is 1. The molecule has 0 bridgehead atoms. The van der Waals surface area contributed by atoms with Crippen molar-refractivity contribution < 1.29 is 14.3 Å². The van der Waals surface area contributed by atoms with Crippen molar-refractivity contribution in [1.82, 2.24) is 19.5 Å². The fourth-order valence-electron chi connectivity index (χ4n) is 2.83. The molecule has 0 unspecified atom stereocenters. The summed E-state index contributed by atoms with van der Waals surface area (Å²) in [6, 6.07) is 7.20. The van der Waals surface area contributed by atoms with Crippen LogP contribution in [0.1, 0.15) is 0 Å². The van der Waals surface area contributed by atoms with E-state index in [4.69, 9.17) is 9.47 Å². The first-order valence-electron chi connectivity index (χ1n) is 8.77. The van der Waals surface area contributed by atoms with E-state index >= 15 is 0 Å². The van der Waals surface area contributed by atoms with E-state index in [0.29, 0.717) is 47.7 Å². The summed E-state index contributed by atoms with van der Waals surface area (Å²) < 4.78 is 13.0. The molecule has 28 heavy (non-hydrogen) atoms. The second-order valence-electron chi connectivity index (χ2n) is 6.35. The van der Waals surface area contributed by atoms with Crippen molar-refractivity contribution in [2.45, 2.75) is 0 Å². The van der Waals surface area contributed by atoms with Crippen LogP contribution in [-0.2, 0) is 0 Å². The summed E-state index contributed by atoms with van der Waals surface area (Å²) in [5, 5.41) is 13.5. The number of hydrogen-bond donors (Lipinski definition) is 3. The van der Waals surface area contributed by atoms with E-state index in [-0.39, 0.29) is 6.03 Å². The maximum absolute atomic E-state index is 12.0. The second kappa shape index (κ2) is 7.14. The molecule has 3 heterocycles. The number of benzene rings is 1. The number of amides is 2. The molecule has 0 spiro atoms. The lowest BCUT2D eigenvalue weighted by molar-refractivity contribution is 0.172. The van der Waals surface area contributed by atoms with E-state index < -0.39 is 0 Å². The van der Waals surface area contributed by atoms with Crippen LogP contribution in [0.15, 0.2) is 30.5 Å². The molecule has 10 nitrogen and oxygen atoms in total. The van der Waals surface area contributed by atoms with Crippen LogP contribution in [0.4, 0.5) is 27.8 Å². The van der Waals surface area contributed by atoms with Crippen LogP contribution < -0.4 is 25.4 Å². The minimum atomic E-state index is -0.260. The lowest BCUT2D eigenvalue weighted by Crippen LogP contribution is -2.27. The Morgan fingerprint density at radius 3 is 2.82 bits per heavy atom. The molecule has 2 aromatic heterocycles. The topological polar surface area (TPSA) is 105 Å². The van der Waals surface area contributed by atoms with Gasteiger partial charge in [0.15, 0.2) is 17.1 Å². The van der Waals surface area contributed by atoms with Crippen LogP contribution in [0, 0.1) is 0 Å². The molecule has 1 aliphatic rings. The van der Waals surface area contributed by atoms with Crippen LogP contribution in [0.2, 0.25) is 0 Å². The zero-order valence-corrected chi connectivity index (χ0v) is 15.8. The van der Waals surface area contributed by atoms with E-state index in [1.807, 2.05) is 24.3 Å². The zero-order valence-electron chi connectivity index (χ0n) is 15.8. The minimum absolute atomic E-state index is 0.260. The molecular formula is C18H21N7O3. The molecule has 0 radical (unpaired) electrons. The van der Waals surface area contributed by atoms with Gasteiger partial charge in [0.2, 0.25) is 0 Å². The fraction of sp³-hybridized carbons (Fsp3) is 0.278. The standard InChI is InChI=1S/C18H21N7O3/c1-19-15-9-14(21-11-5-4-6-13-16(11)28-8-7-27-13)23-17-12(10-20-25(15)17)22-18(26)24(2)3/h4-6,9-10,19H,7-8H2,1-3H3,(H,21,23)(H,22,26). The Morgan fingerprint density at radius 2 is 2.04 bits per heavy atom. The number of aromatic nitrogens is 3. The molecule has 0 saturated heterocycles. The molecule has 2 amide bonds. The maximum atomic E-state index is 12.0. The quantitative estimate of drug-likeness (QED) is 0.635. The van der Waals surface area contributed by atoms with Crippen molar-refractivity contribution in [2.24, 2.45) is 0 Å². The van der Waals surface area contributed by atoms with Gasteiger partial charge in [-0.2, -0.15) is 9.61 Å². The lowest BCUT2D eigenvalue weighted by atomic mass is 10.2. The second-order valence-corrected chi connectivity index (χ2v) is 6.35. The summed E-state index contributed by atoms with van der Waals surface area (Å²) in [6.45, 7) is 1.01. The highest BCUT2D eigenvalue weighted by atomic mass is 16.6. The van der Waals surface area contributed by atoms with Crippen LogP contribution in [0.25, 0.3) is 5.65 Å². The van der Waals surface area contributed by atoms with Gasteiger partial charge >= 0.3 is 6.03 Å². The third kappa shape index (κ3) is 3.20. The third-order valence-electron chi connectivity index (χ3n) is 4.20. The van der Waals surface area contributed by atoms with E-state index in [0.717, 1.165) is 5.69 Å². The molecule has 1 aliphatic heterocycles. The Morgan fingerprint density at radius 1 is 1.21 bits per heavy atom. The number of anilines is 4. The summed E-state index contributed by atoms with van der Waals surface area (Å²) in [5.41, 5.74) is 1.76. The van der Waals surface area contributed by atoms with Gasteiger partial charge in [-0.1, -0.05) is 6.07 Å². The van der Waals surface area contributed by atoms with Crippen LogP contribution in [0.5, 0.6) is 11.5 Å². The number of fused-ring (bicyclic) bond motifs is 2. The van der Waals surface area contributed by atoms with Crippen LogP contribution >= 0.6 is 0 Å². The third-order valence-corrected chi connectivity index (χ3v) is 4.20. The number of nitrogens with zero attached hydrogens (tertiary/aromatic N) is 4. The van der Waals surface area contributed by atoms with Crippen molar-refractivity contribution >= 4 is 34.7 Å². The molecular weight excluding hydrogens is 362 g/mol. The summed E-state index contributed by atoms with van der Waals surface area (Å²) in [4.78, 5) is 18.1. The summed E-state index contributed by atoms with van der Waals surface area (Å²) in [6.07, 6.45) is 1.57. The van der Waals surface area contributed by atoms with Crippen molar-refractivity contribution in [1.29, 1.82) is 0 Å². The molecule has 3 aromatic rings. The predicted molar refractivity (Wildman–Crippen MR) is 106 cm³/mol. The molecule has 0 aliphatic carbocycles. The molecule has 0 saturated carbocycles. The molecule has 146 valence electrons. The Hall–Kier alpha value is -3.69. The largest absolute Gasteiger partial charge is 0.486 e. The molecule has 10 heteroatoms. The first-order valence-corrected chi connectivity index (χ1v) is 8.77. The smallest absolute Gasteiger partial charge is 0.321 e. The highest BCUT2D eigenvalue weighted by Gasteiger charge is 2.18. The van der Waals surface area contributed by atoms with Gasteiger partial charge in [-0.3, -0.25) is 0 Å². The van der Waals surface area contributed by atoms with Crippen molar-refractivity contribution in [3.63, 3.8) is 0 Å². The minimum Gasteiger partial charge on any atom is -0.486 e. The summed E-state index contributed by atoms with van der Waals surface area (Å²) in [5.74, 6) is 2.62. The molecule has 0 fully saturated rings. The highest BCUT2D eigenvalue weighted by Crippen LogP contribution is 2.38. The van der Waals surface area contributed by atoms with Gasteiger partial charge in [-0.25, -0.2) is 9.78 Å². The van der Waals surface area contributed by atoms with Gasteiger partial charge in [-0.05, 0) is 12.1 Å². The van der Waals surface area contributed by atoms with Crippen LogP contribution in [-0.4, -0.2) is 59.9 Å². The van der Waals surface area contributed by atoms with Crippen molar-refractivity contribution in [3.05, 3.63) is 30.5 Å². The number of para-hydroxylation sites is 1. The fourth-order valence-corrected chi connectivity index (χ4v) is 2.83. The Labute approximate surface area is 161 Å². The molecule has 3 N–H and O–H groups in total. The molecule has 1 aromatic carbocycles. The van der Waals surface area contributed by atoms with E-state index in [9.17, 15) is 4.79 Å². The lowest BCUT2D eigenvalue weighted by Gasteiger charge is -2.21. The predicted octanol–water partition coefficient (Wildman–Crippen LogP) is 2.38. The maximum Gasteiger partial charge on any atom is 0.321 e. The first-order chi connectivity index (χ1) is 13.6. The molecule has 4 rings (SSSR count). The monoisotopic (exact) mass is 383 g/mol. The Kier molecular flexibility index (Phi) is 4.52. The highest BCUT2D eigenvalue weighted by molar-refractivity contribution is 5.93. The van der Waals surface area contributed by atoms with Gasteiger partial charge in [0, 0.05) is 27.2 Å². The number of rotatable bonds is 4. The van der Waals surface area contributed by atoms with E-state index in [2.05, 4.69) is 26.0 Å². The normalized spacial score (nSPS) is 12.5. The summed E-state index contributed by atoms with van der Waals surface area (Å²) >= 11 is 0. The number of ether oxygens (including phenoxy) is 2. The van der Waals surface area contributed by atoms with Gasteiger partial charge in [0.05, 0.1) is 11.9 Å². The van der Waals surface area contributed by atoms with E-state index in [1.165, 1.54) is 4.90 Å². The number of nitrogens with one attached hydrogen (secondary N) is 3. The van der Waals surface area contributed by atoms with E-state index in [1.54, 1.807) is 31.9 Å². The number of carbonyl (C=O) groups excluding carboxylic acids is 1. The Bertz CT molecular complexity index is 1030. The van der Waals surface area contributed by atoms with Crippen molar-refractivity contribution in [3.8, 4) is 11.5 Å². The van der Waals surface area contributed by atoms with Crippen LogP contribution in [0.3, 0.4) is 0 Å².